The molecule has 2 aromatic rings. The first-order chi connectivity index (χ1) is 8.75. The molecule has 18 heavy (non-hydrogen) atoms. The summed E-state index contributed by atoms with van der Waals surface area (Å²) in [4.78, 5) is 4.91. The molecule has 1 aromatic heterocycles. The lowest BCUT2D eigenvalue weighted by atomic mass is 10.2. The number of hydrogen-bond acceptors (Lipinski definition) is 3. The van der Waals surface area contributed by atoms with E-state index in [1.165, 1.54) is 5.39 Å². The van der Waals surface area contributed by atoms with E-state index in [0.29, 0.717) is 6.04 Å². The third-order valence-corrected chi connectivity index (χ3v) is 3.79. The number of hydrogen-bond donors (Lipinski definition) is 1. The minimum atomic E-state index is 0.642. The van der Waals surface area contributed by atoms with Gasteiger partial charge in [-0.05, 0) is 26.0 Å². The minimum absolute atomic E-state index is 0.642. The lowest BCUT2D eigenvalue weighted by Crippen LogP contribution is -2.49. The number of benzene rings is 1. The van der Waals surface area contributed by atoms with Crippen molar-refractivity contribution in [3.05, 3.63) is 24.3 Å². The van der Waals surface area contributed by atoms with Crippen molar-refractivity contribution >= 4 is 16.7 Å². The first-order valence-corrected chi connectivity index (χ1v) is 6.68. The molecule has 1 N–H and O–H groups in total. The van der Waals surface area contributed by atoms with Gasteiger partial charge in [-0.15, -0.1) is 0 Å². The molecule has 96 valence electrons. The molecule has 1 aliphatic heterocycles. The third kappa shape index (κ3) is 1.97. The highest BCUT2D eigenvalue weighted by molar-refractivity contribution is 5.90. The Morgan fingerprint density at radius 1 is 1.11 bits per heavy atom. The predicted octanol–water partition coefficient (Wildman–Crippen LogP) is 2.09. The summed E-state index contributed by atoms with van der Waals surface area (Å²) in [6.45, 7) is 8.90. The molecule has 0 aliphatic carbocycles. The van der Waals surface area contributed by atoms with Crippen LogP contribution in [0, 0.1) is 0 Å². The first-order valence-electron chi connectivity index (χ1n) is 6.68. The summed E-state index contributed by atoms with van der Waals surface area (Å²) in [5.74, 6) is 1.11. The largest absolute Gasteiger partial charge is 0.352 e. The van der Waals surface area contributed by atoms with Crippen molar-refractivity contribution in [2.75, 3.05) is 31.1 Å². The van der Waals surface area contributed by atoms with Gasteiger partial charge in [0.15, 0.2) is 5.82 Å². The second kappa shape index (κ2) is 4.61. The van der Waals surface area contributed by atoms with Crippen LogP contribution in [-0.2, 0) is 0 Å². The number of aromatic nitrogens is 2. The highest BCUT2D eigenvalue weighted by atomic mass is 15.3. The number of aromatic amines is 1. The van der Waals surface area contributed by atoms with Gasteiger partial charge in [0.2, 0.25) is 0 Å². The van der Waals surface area contributed by atoms with Gasteiger partial charge >= 0.3 is 0 Å². The zero-order valence-electron chi connectivity index (χ0n) is 11.1. The summed E-state index contributed by atoms with van der Waals surface area (Å²) in [5.41, 5.74) is 1.12. The quantitative estimate of drug-likeness (QED) is 0.878. The van der Waals surface area contributed by atoms with E-state index < -0.39 is 0 Å². The van der Waals surface area contributed by atoms with Crippen LogP contribution in [0.15, 0.2) is 24.3 Å². The van der Waals surface area contributed by atoms with Gasteiger partial charge in [0.1, 0.15) is 0 Å². The molecular formula is C14H20N4. The number of nitrogens with one attached hydrogen (secondary N) is 1. The molecule has 0 atom stereocenters. The fraction of sp³-hybridized carbons (Fsp3) is 0.500. The van der Waals surface area contributed by atoms with E-state index in [0.717, 1.165) is 37.5 Å². The number of piperazine rings is 1. The third-order valence-electron chi connectivity index (χ3n) is 3.79. The lowest BCUT2D eigenvalue weighted by Gasteiger charge is -2.37. The van der Waals surface area contributed by atoms with Gasteiger partial charge in [0.25, 0.3) is 0 Å². The van der Waals surface area contributed by atoms with E-state index in [2.05, 4.69) is 52.0 Å². The Morgan fingerprint density at radius 2 is 1.83 bits per heavy atom. The van der Waals surface area contributed by atoms with Crippen LogP contribution < -0.4 is 4.90 Å². The lowest BCUT2D eigenvalue weighted by molar-refractivity contribution is 0.209. The van der Waals surface area contributed by atoms with Crippen molar-refractivity contribution in [1.29, 1.82) is 0 Å². The molecule has 0 bridgehead atoms. The molecule has 3 rings (SSSR count). The van der Waals surface area contributed by atoms with Crippen molar-refractivity contribution in [1.82, 2.24) is 15.1 Å². The van der Waals surface area contributed by atoms with Crippen LogP contribution in [0.2, 0.25) is 0 Å². The first kappa shape index (κ1) is 11.5. The Bertz CT molecular complexity index is 523. The van der Waals surface area contributed by atoms with Gasteiger partial charge in [-0.2, -0.15) is 5.10 Å². The van der Waals surface area contributed by atoms with Crippen LogP contribution in [0.1, 0.15) is 13.8 Å². The molecule has 1 aliphatic rings. The van der Waals surface area contributed by atoms with E-state index in [4.69, 9.17) is 0 Å². The smallest absolute Gasteiger partial charge is 0.158 e. The van der Waals surface area contributed by atoms with Crippen molar-refractivity contribution in [2.24, 2.45) is 0 Å². The maximum Gasteiger partial charge on any atom is 0.158 e. The minimum Gasteiger partial charge on any atom is -0.352 e. The number of nitrogens with zero attached hydrogens (tertiary/aromatic N) is 3. The molecule has 1 aromatic carbocycles. The molecule has 0 radical (unpaired) electrons. The van der Waals surface area contributed by atoms with Crippen molar-refractivity contribution < 1.29 is 0 Å². The molecular weight excluding hydrogens is 224 g/mol. The summed E-state index contributed by atoms with van der Waals surface area (Å²) in [7, 11) is 0. The van der Waals surface area contributed by atoms with Gasteiger partial charge in [0, 0.05) is 37.6 Å². The predicted molar refractivity (Wildman–Crippen MR) is 75.0 cm³/mol. The standard InChI is InChI=1S/C14H20N4/c1-11(2)17-7-9-18(10-8-17)14-12-5-3-4-6-13(12)15-16-14/h3-6,11H,7-10H2,1-2H3,(H,15,16). The zero-order chi connectivity index (χ0) is 12.5. The Hall–Kier alpha value is -1.55. The summed E-state index contributed by atoms with van der Waals surface area (Å²) >= 11 is 0. The van der Waals surface area contributed by atoms with Crippen molar-refractivity contribution in [3.8, 4) is 0 Å². The molecule has 4 nitrogen and oxygen atoms in total. The fourth-order valence-corrected chi connectivity index (χ4v) is 2.64. The maximum atomic E-state index is 4.47. The summed E-state index contributed by atoms with van der Waals surface area (Å²) in [6.07, 6.45) is 0. The second-order valence-corrected chi connectivity index (χ2v) is 5.21. The average Bonchev–Trinajstić information content (AvgIpc) is 2.82. The number of fused-ring (bicyclic) bond motifs is 1. The van der Waals surface area contributed by atoms with E-state index >= 15 is 0 Å². The van der Waals surface area contributed by atoms with Gasteiger partial charge < -0.3 is 4.90 Å². The van der Waals surface area contributed by atoms with Crippen molar-refractivity contribution in [3.63, 3.8) is 0 Å². The number of rotatable bonds is 2. The van der Waals surface area contributed by atoms with E-state index in [-0.39, 0.29) is 0 Å². The maximum absolute atomic E-state index is 4.47. The van der Waals surface area contributed by atoms with Gasteiger partial charge in [-0.1, -0.05) is 12.1 Å². The van der Waals surface area contributed by atoms with E-state index in [9.17, 15) is 0 Å². The van der Waals surface area contributed by atoms with Crippen LogP contribution in [0.3, 0.4) is 0 Å². The average molecular weight is 244 g/mol. The van der Waals surface area contributed by atoms with Crippen LogP contribution in [0.4, 0.5) is 5.82 Å². The normalized spacial score (nSPS) is 17.8. The summed E-state index contributed by atoms with van der Waals surface area (Å²) in [5, 5.41) is 8.82. The second-order valence-electron chi connectivity index (χ2n) is 5.21. The Kier molecular flexibility index (Phi) is 2.96. The molecule has 4 heteroatoms. The molecule has 0 saturated carbocycles. The van der Waals surface area contributed by atoms with Gasteiger partial charge in [-0.25, -0.2) is 0 Å². The number of H-pyrrole nitrogens is 1. The molecule has 2 heterocycles. The molecule has 1 fully saturated rings. The van der Waals surface area contributed by atoms with Crippen LogP contribution in [-0.4, -0.2) is 47.3 Å². The van der Waals surface area contributed by atoms with Crippen LogP contribution in [0.25, 0.3) is 10.9 Å². The summed E-state index contributed by atoms with van der Waals surface area (Å²) in [6, 6.07) is 8.98. The topological polar surface area (TPSA) is 35.2 Å². The monoisotopic (exact) mass is 244 g/mol. The highest BCUT2D eigenvalue weighted by Gasteiger charge is 2.21. The van der Waals surface area contributed by atoms with Gasteiger partial charge in [-0.3, -0.25) is 10.00 Å². The van der Waals surface area contributed by atoms with Crippen LogP contribution in [0.5, 0.6) is 0 Å². The SMILES string of the molecule is CC(C)N1CCN(c2n[nH]c3ccccc23)CC1. The Balaban J connectivity index is 1.80. The Labute approximate surface area is 108 Å². The highest BCUT2D eigenvalue weighted by Crippen LogP contribution is 2.24. The molecule has 0 spiro atoms. The van der Waals surface area contributed by atoms with E-state index in [1.54, 1.807) is 0 Å². The van der Waals surface area contributed by atoms with Crippen molar-refractivity contribution in [2.45, 2.75) is 19.9 Å². The molecule has 0 unspecified atom stereocenters. The number of anilines is 1. The molecule has 1 saturated heterocycles. The summed E-state index contributed by atoms with van der Waals surface area (Å²) < 4.78 is 0. The number of para-hydroxylation sites is 1. The van der Waals surface area contributed by atoms with Crippen LogP contribution >= 0.6 is 0 Å². The Morgan fingerprint density at radius 3 is 2.56 bits per heavy atom. The fourth-order valence-electron chi connectivity index (χ4n) is 2.64. The zero-order valence-corrected chi connectivity index (χ0v) is 11.1. The van der Waals surface area contributed by atoms with Gasteiger partial charge in [0.05, 0.1) is 5.52 Å². The van der Waals surface area contributed by atoms with E-state index in [1.807, 2.05) is 6.07 Å². The molecule has 0 amide bonds.